The zero-order valence-corrected chi connectivity index (χ0v) is 16.1. The van der Waals surface area contributed by atoms with E-state index in [2.05, 4.69) is 4.98 Å². The van der Waals surface area contributed by atoms with E-state index in [9.17, 15) is 0 Å². The van der Waals surface area contributed by atoms with Crippen LogP contribution in [0, 0.1) is 0 Å². The van der Waals surface area contributed by atoms with Crippen LogP contribution in [0.5, 0.6) is 0 Å². The first-order chi connectivity index (χ1) is 11.1. The lowest BCUT2D eigenvalue weighted by Crippen LogP contribution is -2.41. The maximum atomic E-state index is 6.65. The van der Waals surface area contributed by atoms with Crippen molar-refractivity contribution in [1.29, 1.82) is 0 Å². The first-order valence-electron chi connectivity index (χ1n) is 7.58. The molecule has 1 aliphatic heterocycles. The Balaban J connectivity index is 2.06. The number of aromatic nitrogens is 1. The first kappa shape index (κ1) is 18.0. The molecule has 126 valence electrons. The van der Waals surface area contributed by atoms with Crippen molar-refractivity contribution >= 4 is 47.4 Å². The van der Waals surface area contributed by atoms with Crippen LogP contribution in [0.15, 0.2) is 30.5 Å². The average Bonchev–Trinajstić information content (AvgIpc) is 2.71. The molecule has 24 heavy (non-hydrogen) atoms. The molecule has 0 radical (unpaired) electrons. The number of nitrogens with zero attached hydrogens (tertiary/aromatic N) is 1. The third-order valence-electron chi connectivity index (χ3n) is 4.67. The number of pyridine rings is 1. The van der Waals surface area contributed by atoms with E-state index in [0.29, 0.717) is 10.0 Å². The van der Waals surface area contributed by atoms with Gasteiger partial charge < -0.3 is 9.31 Å². The predicted octanol–water partition coefficient (Wildman–Crippen LogP) is 5.01. The Morgan fingerprint density at radius 3 is 2.08 bits per heavy atom. The Kier molecular flexibility index (Phi) is 4.65. The maximum absolute atomic E-state index is 6.65. The van der Waals surface area contributed by atoms with E-state index >= 15 is 0 Å². The Morgan fingerprint density at radius 2 is 1.46 bits per heavy atom. The van der Waals surface area contributed by atoms with Gasteiger partial charge in [-0.2, -0.15) is 0 Å². The van der Waals surface area contributed by atoms with Crippen LogP contribution in [-0.2, 0) is 9.31 Å². The molecule has 1 fully saturated rings. The van der Waals surface area contributed by atoms with Crippen LogP contribution in [0.3, 0.4) is 0 Å². The van der Waals surface area contributed by atoms with Gasteiger partial charge >= 0.3 is 7.12 Å². The summed E-state index contributed by atoms with van der Waals surface area (Å²) in [6.45, 7) is 8.02. The molecule has 0 unspecified atom stereocenters. The van der Waals surface area contributed by atoms with Gasteiger partial charge in [-0.3, -0.25) is 0 Å². The summed E-state index contributed by atoms with van der Waals surface area (Å²) < 4.78 is 12.2. The standard InChI is InChI=1S/C17H17BCl3NO2/c1-16(2)17(3,4)24-18(23-16)12-7-5-6-10(13(12)19)11-8-9-22-15(21)14(11)20/h5-9H,1-4H3. The second-order valence-electron chi connectivity index (χ2n) is 6.76. The lowest BCUT2D eigenvalue weighted by Gasteiger charge is -2.32. The maximum Gasteiger partial charge on any atom is 0.496 e. The van der Waals surface area contributed by atoms with E-state index in [0.717, 1.165) is 16.6 Å². The molecule has 0 spiro atoms. The largest absolute Gasteiger partial charge is 0.496 e. The van der Waals surface area contributed by atoms with Gasteiger partial charge in [-0.25, -0.2) is 4.98 Å². The molecule has 1 aliphatic rings. The number of halogens is 3. The fourth-order valence-electron chi connectivity index (χ4n) is 2.54. The van der Waals surface area contributed by atoms with Crippen molar-refractivity contribution in [3.63, 3.8) is 0 Å². The molecule has 1 aromatic heterocycles. The van der Waals surface area contributed by atoms with Gasteiger partial charge in [-0.1, -0.05) is 53.0 Å². The summed E-state index contributed by atoms with van der Waals surface area (Å²) in [6.07, 6.45) is 1.60. The number of rotatable bonds is 2. The minimum absolute atomic E-state index is 0.242. The third kappa shape index (κ3) is 2.95. The van der Waals surface area contributed by atoms with Crippen molar-refractivity contribution in [3.8, 4) is 11.1 Å². The second kappa shape index (κ2) is 6.19. The van der Waals surface area contributed by atoms with E-state index in [1.54, 1.807) is 12.3 Å². The van der Waals surface area contributed by atoms with Crippen LogP contribution in [0.2, 0.25) is 15.2 Å². The summed E-state index contributed by atoms with van der Waals surface area (Å²) in [5, 5.41) is 1.14. The van der Waals surface area contributed by atoms with Crippen molar-refractivity contribution in [3.05, 3.63) is 45.7 Å². The molecule has 0 saturated carbocycles. The molecule has 0 amide bonds. The van der Waals surface area contributed by atoms with Crippen LogP contribution in [0.1, 0.15) is 27.7 Å². The van der Waals surface area contributed by atoms with Gasteiger partial charge in [-0.05, 0) is 33.8 Å². The van der Waals surface area contributed by atoms with Crippen LogP contribution in [0.4, 0.5) is 0 Å². The van der Waals surface area contributed by atoms with E-state index in [4.69, 9.17) is 44.1 Å². The highest BCUT2D eigenvalue weighted by Crippen LogP contribution is 2.39. The molecule has 0 atom stereocenters. The van der Waals surface area contributed by atoms with E-state index in [-0.39, 0.29) is 5.15 Å². The summed E-state index contributed by atoms with van der Waals surface area (Å²) in [7, 11) is -0.543. The van der Waals surface area contributed by atoms with Crippen LogP contribution >= 0.6 is 34.8 Å². The minimum atomic E-state index is -0.543. The van der Waals surface area contributed by atoms with Gasteiger partial charge in [0.05, 0.1) is 16.2 Å². The fourth-order valence-corrected chi connectivity index (χ4v) is 3.22. The molecular weight excluding hydrogens is 367 g/mol. The molecule has 3 nitrogen and oxygen atoms in total. The third-order valence-corrected chi connectivity index (χ3v) is 5.86. The molecule has 2 heterocycles. The monoisotopic (exact) mass is 383 g/mol. The lowest BCUT2D eigenvalue weighted by molar-refractivity contribution is 0.00578. The lowest BCUT2D eigenvalue weighted by atomic mass is 9.78. The molecule has 0 bridgehead atoms. The fraction of sp³-hybridized carbons (Fsp3) is 0.353. The van der Waals surface area contributed by atoms with E-state index < -0.39 is 18.3 Å². The number of hydrogen-bond donors (Lipinski definition) is 0. The molecule has 1 aromatic carbocycles. The zero-order chi connectivity index (χ0) is 17.7. The van der Waals surface area contributed by atoms with Crippen LogP contribution < -0.4 is 5.46 Å². The second-order valence-corrected chi connectivity index (χ2v) is 7.87. The molecule has 1 saturated heterocycles. The Labute approximate surface area is 157 Å². The summed E-state index contributed by atoms with van der Waals surface area (Å²) in [4.78, 5) is 3.97. The summed E-state index contributed by atoms with van der Waals surface area (Å²) in [5.74, 6) is 0. The van der Waals surface area contributed by atoms with Crippen molar-refractivity contribution in [2.75, 3.05) is 0 Å². The SMILES string of the molecule is CC1(C)OB(c2cccc(-c3ccnc(Cl)c3Cl)c2Cl)OC1(C)C. The van der Waals surface area contributed by atoms with E-state index in [1.165, 1.54) is 0 Å². The van der Waals surface area contributed by atoms with Gasteiger partial charge in [0.15, 0.2) is 0 Å². The Morgan fingerprint density at radius 1 is 0.875 bits per heavy atom. The van der Waals surface area contributed by atoms with Crippen molar-refractivity contribution in [2.24, 2.45) is 0 Å². The van der Waals surface area contributed by atoms with E-state index in [1.807, 2.05) is 45.9 Å². The molecule has 3 rings (SSSR count). The molecule has 0 N–H and O–H groups in total. The molecule has 0 aliphatic carbocycles. The highest BCUT2D eigenvalue weighted by molar-refractivity contribution is 6.66. The van der Waals surface area contributed by atoms with Crippen molar-refractivity contribution < 1.29 is 9.31 Å². The number of benzene rings is 1. The van der Waals surface area contributed by atoms with Gasteiger partial charge in [0.1, 0.15) is 5.15 Å². The normalized spacial score (nSPS) is 18.9. The highest BCUT2D eigenvalue weighted by Gasteiger charge is 2.52. The van der Waals surface area contributed by atoms with Crippen molar-refractivity contribution in [1.82, 2.24) is 4.98 Å². The summed E-state index contributed by atoms with van der Waals surface area (Å²) in [6, 6.07) is 7.45. The molecular formula is C17H17BCl3NO2. The predicted molar refractivity (Wildman–Crippen MR) is 100 cm³/mol. The molecule has 2 aromatic rings. The van der Waals surface area contributed by atoms with Gasteiger partial charge in [0.25, 0.3) is 0 Å². The Hall–Kier alpha value is -0.775. The number of hydrogen-bond acceptors (Lipinski definition) is 3. The Bertz CT molecular complexity index is 779. The van der Waals surface area contributed by atoms with Gasteiger partial charge in [0.2, 0.25) is 0 Å². The summed E-state index contributed by atoms with van der Waals surface area (Å²) >= 11 is 19.0. The molecule has 7 heteroatoms. The topological polar surface area (TPSA) is 31.4 Å². The average molecular weight is 384 g/mol. The van der Waals surface area contributed by atoms with Crippen molar-refractivity contribution in [2.45, 2.75) is 38.9 Å². The zero-order valence-electron chi connectivity index (χ0n) is 13.9. The van der Waals surface area contributed by atoms with Gasteiger partial charge in [-0.15, -0.1) is 0 Å². The summed E-state index contributed by atoms with van der Waals surface area (Å²) in [5.41, 5.74) is 1.37. The minimum Gasteiger partial charge on any atom is -0.399 e. The smallest absolute Gasteiger partial charge is 0.399 e. The van der Waals surface area contributed by atoms with Gasteiger partial charge in [0, 0.05) is 27.8 Å². The van der Waals surface area contributed by atoms with Crippen LogP contribution in [0.25, 0.3) is 11.1 Å². The highest BCUT2D eigenvalue weighted by atomic mass is 35.5. The van der Waals surface area contributed by atoms with Crippen LogP contribution in [-0.4, -0.2) is 23.3 Å². The first-order valence-corrected chi connectivity index (χ1v) is 8.72. The quantitative estimate of drug-likeness (QED) is 0.539.